The number of ether oxygens (including phenoxy) is 2. The van der Waals surface area contributed by atoms with Gasteiger partial charge in [0, 0.05) is 6.20 Å². The molecule has 0 saturated carbocycles. The van der Waals surface area contributed by atoms with Crippen LogP contribution in [0.25, 0.3) is 0 Å². The lowest BCUT2D eigenvalue weighted by molar-refractivity contribution is 0.0953. The standard InChI is InChI=1S/C25H27N3O4/c1-17(2)32-22-12-11-20(14-23(22)31-4)15-26-27-24(29)21-6-5-13-28(25(21)30)16-19-9-7-18(3)8-10-19/h5-15,17H,16H2,1-4H3,(H,27,29)/b26-15-. The smallest absolute Gasteiger partial charge is 0.276 e. The largest absolute Gasteiger partial charge is 0.493 e. The maximum absolute atomic E-state index is 12.7. The van der Waals surface area contributed by atoms with Crippen LogP contribution in [0.1, 0.15) is 40.9 Å². The van der Waals surface area contributed by atoms with E-state index in [0.29, 0.717) is 23.6 Å². The van der Waals surface area contributed by atoms with Gasteiger partial charge >= 0.3 is 0 Å². The molecule has 0 unspecified atom stereocenters. The van der Waals surface area contributed by atoms with Crippen LogP contribution in [-0.2, 0) is 6.54 Å². The number of hydrazone groups is 1. The first-order valence-corrected chi connectivity index (χ1v) is 10.3. The molecule has 1 N–H and O–H groups in total. The number of carbonyl (C=O) groups is 1. The fraction of sp³-hybridized carbons (Fsp3) is 0.240. The van der Waals surface area contributed by atoms with Crippen LogP contribution in [0.2, 0.25) is 0 Å². The van der Waals surface area contributed by atoms with Gasteiger partial charge in [-0.05, 0) is 62.2 Å². The van der Waals surface area contributed by atoms with Crippen LogP contribution in [0.5, 0.6) is 11.5 Å². The van der Waals surface area contributed by atoms with Gasteiger partial charge in [0.1, 0.15) is 5.56 Å². The van der Waals surface area contributed by atoms with Crippen LogP contribution in [0.3, 0.4) is 0 Å². The van der Waals surface area contributed by atoms with E-state index in [-0.39, 0.29) is 17.2 Å². The Labute approximate surface area is 187 Å². The summed E-state index contributed by atoms with van der Waals surface area (Å²) in [7, 11) is 1.56. The number of nitrogens with zero attached hydrogens (tertiary/aromatic N) is 2. The summed E-state index contributed by atoms with van der Waals surface area (Å²) in [5, 5.41) is 3.98. The average Bonchev–Trinajstić information content (AvgIpc) is 2.77. The number of carbonyl (C=O) groups excluding carboxylic acids is 1. The van der Waals surface area contributed by atoms with E-state index < -0.39 is 5.91 Å². The second-order valence-electron chi connectivity index (χ2n) is 7.62. The van der Waals surface area contributed by atoms with Crippen molar-refractivity contribution in [3.63, 3.8) is 0 Å². The van der Waals surface area contributed by atoms with Gasteiger partial charge in [0.05, 0.1) is 26.0 Å². The molecule has 166 valence electrons. The number of rotatable bonds is 8. The zero-order chi connectivity index (χ0) is 23.1. The van der Waals surface area contributed by atoms with Gasteiger partial charge in [-0.2, -0.15) is 5.10 Å². The summed E-state index contributed by atoms with van der Waals surface area (Å²) in [6.45, 7) is 6.25. The van der Waals surface area contributed by atoms with Crippen molar-refractivity contribution in [2.75, 3.05) is 7.11 Å². The van der Waals surface area contributed by atoms with Gasteiger partial charge in [0.15, 0.2) is 11.5 Å². The van der Waals surface area contributed by atoms with Crippen LogP contribution in [0.4, 0.5) is 0 Å². The van der Waals surface area contributed by atoms with E-state index in [9.17, 15) is 9.59 Å². The summed E-state index contributed by atoms with van der Waals surface area (Å²) in [6, 6.07) is 16.4. The molecule has 7 nitrogen and oxygen atoms in total. The van der Waals surface area contributed by atoms with Crippen LogP contribution in [-0.4, -0.2) is 29.9 Å². The monoisotopic (exact) mass is 433 g/mol. The highest BCUT2D eigenvalue weighted by Crippen LogP contribution is 2.28. The van der Waals surface area contributed by atoms with E-state index in [2.05, 4.69) is 10.5 Å². The SMILES string of the molecule is COc1cc(/C=N\NC(=O)c2cccn(Cc3ccc(C)cc3)c2=O)ccc1OC(C)C. The molecule has 0 aliphatic carbocycles. The van der Waals surface area contributed by atoms with E-state index >= 15 is 0 Å². The van der Waals surface area contributed by atoms with Crippen molar-refractivity contribution in [1.82, 2.24) is 9.99 Å². The number of pyridine rings is 1. The summed E-state index contributed by atoms with van der Waals surface area (Å²) in [5.74, 6) is 0.620. The lowest BCUT2D eigenvalue weighted by atomic mass is 10.1. The minimum absolute atomic E-state index is 0.0173. The van der Waals surface area contributed by atoms with E-state index in [0.717, 1.165) is 11.1 Å². The lowest BCUT2D eigenvalue weighted by Gasteiger charge is -2.13. The highest BCUT2D eigenvalue weighted by Gasteiger charge is 2.12. The molecule has 0 radical (unpaired) electrons. The van der Waals surface area contributed by atoms with E-state index in [1.54, 1.807) is 37.6 Å². The maximum atomic E-state index is 12.7. The van der Waals surface area contributed by atoms with Crippen LogP contribution >= 0.6 is 0 Å². The second-order valence-corrected chi connectivity index (χ2v) is 7.62. The molecule has 7 heteroatoms. The highest BCUT2D eigenvalue weighted by molar-refractivity contribution is 5.94. The quantitative estimate of drug-likeness (QED) is 0.433. The molecule has 32 heavy (non-hydrogen) atoms. The van der Waals surface area contributed by atoms with E-state index in [1.165, 1.54) is 16.8 Å². The van der Waals surface area contributed by atoms with Gasteiger partial charge in [-0.25, -0.2) is 5.43 Å². The number of hydrogen-bond donors (Lipinski definition) is 1. The second kappa shape index (κ2) is 10.4. The minimum atomic E-state index is -0.573. The predicted octanol–water partition coefficient (Wildman–Crippen LogP) is 3.76. The van der Waals surface area contributed by atoms with Crippen molar-refractivity contribution in [2.45, 2.75) is 33.4 Å². The van der Waals surface area contributed by atoms with Gasteiger partial charge in [-0.1, -0.05) is 29.8 Å². The lowest BCUT2D eigenvalue weighted by Crippen LogP contribution is -2.30. The molecule has 1 amide bonds. The van der Waals surface area contributed by atoms with Crippen molar-refractivity contribution >= 4 is 12.1 Å². The number of hydrogen-bond acceptors (Lipinski definition) is 5. The Morgan fingerprint density at radius 1 is 1.12 bits per heavy atom. The fourth-order valence-corrected chi connectivity index (χ4v) is 3.07. The molecule has 3 aromatic rings. The summed E-state index contributed by atoms with van der Waals surface area (Å²) in [4.78, 5) is 25.3. The number of nitrogens with one attached hydrogen (secondary N) is 1. The molecule has 1 heterocycles. The third kappa shape index (κ3) is 5.85. The van der Waals surface area contributed by atoms with E-state index in [1.807, 2.05) is 45.0 Å². The van der Waals surface area contributed by atoms with Gasteiger partial charge in [0.2, 0.25) is 0 Å². The summed E-state index contributed by atoms with van der Waals surface area (Å²) in [6.07, 6.45) is 3.16. The van der Waals surface area contributed by atoms with Crippen molar-refractivity contribution in [3.8, 4) is 11.5 Å². The predicted molar refractivity (Wildman–Crippen MR) is 125 cm³/mol. The fourth-order valence-electron chi connectivity index (χ4n) is 3.07. The first kappa shape index (κ1) is 22.8. The molecular formula is C25H27N3O4. The van der Waals surface area contributed by atoms with Crippen LogP contribution in [0.15, 0.2) is 70.7 Å². The Balaban J connectivity index is 1.70. The number of benzene rings is 2. The highest BCUT2D eigenvalue weighted by atomic mass is 16.5. The molecule has 0 aliphatic heterocycles. The molecular weight excluding hydrogens is 406 g/mol. The zero-order valence-electron chi connectivity index (χ0n) is 18.7. The Morgan fingerprint density at radius 3 is 2.56 bits per heavy atom. The van der Waals surface area contributed by atoms with Gasteiger partial charge in [0.25, 0.3) is 11.5 Å². The van der Waals surface area contributed by atoms with Gasteiger partial charge in [-0.3, -0.25) is 9.59 Å². The molecule has 0 aliphatic rings. The molecule has 0 spiro atoms. The van der Waals surface area contributed by atoms with Crippen LogP contribution < -0.4 is 20.5 Å². The average molecular weight is 434 g/mol. The maximum Gasteiger partial charge on any atom is 0.276 e. The molecule has 0 atom stereocenters. The van der Waals surface area contributed by atoms with E-state index in [4.69, 9.17) is 9.47 Å². The van der Waals surface area contributed by atoms with Crippen molar-refractivity contribution in [3.05, 3.63) is 93.4 Å². The topological polar surface area (TPSA) is 81.9 Å². The van der Waals surface area contributed by atoms with Gasteiger partial charge < -0.3 is 14.0 Å². The first-order chi connectivity index (χ1) is 15.4. The third-order valence-corrected chi connectivity index (χ3v) is 4.67. The number of methoxy groups -OCH3 is 1. The number of amides is 1. The molecule has 2 aromatic carbocycles. The Bertz CT molecular complexity index is 1160. The van der Waals surface area contributed by atoms with Crippen molar-refractivity contribution in [1.29, 1.82) is 0 Å². The number of aryl methyl sites for hydroxylation is 1. The van der Waals surface area contributed by atoms with Crippen molar-refractivity contribution in [2.24, 2.45) is 5.10 Å². The molecule has 0 bridgehead atoms. The normalized spacial score (nSPS) is 11.0. The zero-order valence-corrected chi connectivity index (χ0v) is 18.7. The Kier molecular flexibility index (Phi) is 7.44. The van der Waals surface area contributed by atoms with Crippen molar-refractivity contribution < 1.29 is 14.3 Å². The minimum Gasteiger partial charge on any atom is -0.493 e. The third-order valence-electron chi connectivity index (χ3n) is 4.67. The summed E-state index contributed by atoms with van der Waals surface area (Å²) < 4.78 is 12.5. The molecule has 1 aromatic heterocycles. The first-order valence-electron chi connectivity index (χ1n) is 10.3. The molecule has 3 rings (SSSR count). The number of aromatic nitrogens is 1. The Morgan fingerprint density at radius 2 is 1.88 bits per heavy atom. The molecule has 0 fully saturated rings. The van der Waals surface area contributed by atoms with Gasteiger partial charge in [-0.15, -0.1) is 0 Å². The molecule has 0 saturated heterocycles. The Hall–Kier alpha value is -3.87. The summed E-state index contributed by atoms with van der Waals surface area (Å²) >= 11 is 0. The summed E-state index contributed by atoms with van der Waals surface area (Å²) in [5.41, 5.74) is 4.90. The van der Waals surface area contributed by atoms with Crippen LogP contribution in [0, 0.1) is 6.92 Å².